The smallest absolute Gasteiger partial charge is 0.265 e. The number of hydrogen-bond acceptors (Lipinski definition) is 6. The van der Waals surface area contributed by atoms with Crippen LogP contribution in [0.25, 0.3) is 16.6 Å². The van der Waals surface area contributed by atoms with Crippen LogP contribution in [0.2, 0.25) is 0 Å². The van der Waals surface area contributed by atoms with Gasteiger partial charge in [-0.2, -0.15) is 5.10 Å². The summed E-state index contributed by atoms with van der Waals surface area (Å²) < 4.78 is 1.88. The molecule has 3 N–H and O–H groups in total. The highest BCUT2D eigenvalue weighted by atomic mass is 32.1. The van der Waals surface area contributed by atoms with Crippen molar-refractivity contribution in [2.24, 2.45) is 0 Å². The van der Waals surface area contributed by atoms with E-state index in [1.165, 1.54) is 11.3 Å². The second-order valence-corrected chi connectivity index (χ2v) is 9.07. The maximum atomic E-state index is 12.3. The van der Waals surface area contributed by atoms with E-state index >= 15 is 0 Å². The quantitative estimate of drug-likeness (QED) is 0.271. The molecule has 0 saturated heterocycles. The van der Waals surface area contributed by atoms with Crippen LogP contribution in [-0.2, 0) is 0 Å². The predicted octanol–water partition coefficient (Wildman–Crippen LogP) is 5.51. The second-order valence-electron chi connectivity index (χ2n) is 8.13. The molecule has 176 valence electrons. The third-order valence-corrected chi connectivity index (χ3v) is 6.58. The Kier molecular flexibility index (Phi) is 6.47. The Balaban J connectivity index is 1.28. The molecule has 0 saturated carbocycles. The third-order valence-electron chi connectivity index (χ3n) is 5.71. The van der Waals surface area contributed by atoms with Crippen molar-refractivity contribution in [1.82, 2.24) is 9.78 Å². The summed E-state index contributed by atoms with van der Waals surface area (Å²) in [6.07, 6.45) is 1.80. The fraction of sp³-hybridized carbons (Fsp3) is 0.111. The Hall–Kier alpha value is -4.14. The summed E-state index contributed by atoms with van der Waals surface area (Å²) in [7, 11) is 1.96. The van der Waals surface area contributed by atoms with Gasteiger partial charge in [-0.05, 0) is 78.2 Å². The van der Waals surface area contributed by atoms with Gasteiger partial charge in [0.05, 0.1) is 28.9 Å². The summed E-state index contributed by atoms with van der Waals surface area (Å²) in [5.41, 5.74) is 5.66. The van der Waals surface area contributed by atoms with Crippen LogP contribution in [0.3, 0.4) is 0 Å². The van der Waals surface area contributed by atoms with Crippen molar-refractivity contribution in [3.8, 4) is 5.69 Å². The molecule has 0 fully saturated rings. The Morgan fingerprint density at radius 2 is 1.71 bits per heavy atom. The average Bonchev–Trinajstić information content (AvgIpc) is 3.56. The van der Waals surface area contributed by atoms with E-state index in [1.54, 1.807) is 6.20 Å². The Bertz CT molecular complexity index is 1430. The molecule has 8 heteroatoms. The number of benzene rings is 3. The summed E-state index contributed by atoms with van der Waals surface area (Å²) in [5, 5.41) is 22.8. The number of likely N-dealkylation sites (N-methyl/N-ethyl adjacent to an activating group) is 1. The number of aliphatic hydroxyl groups excluding tert-OH is 1. The number of hydrogen-bond donors (Lipinski definition) is 3. The minimum Gasteiger partial charge on any atom is -0.395 e. The van der Waals surface area contributed by atoms with Crippen LogP contribution >= 0.6 is 11.3 Å². The van der Waals surface area contributed by atoms with Crippen LogP contribution in [-0.4, -0.2) is 41.0 Å². The highest BCUT2D eigenvalue weighted by Crippen LogP contribution is 2.25. The molecule has 5 aromatic rings. The molecule has 5 rings (SSSR count). The lowest BCUT2D eigenvalue weighted by Gasteiger charge is -2.18. The molecule has 7 nitrogen and oxygen atoms in total. The van der Waals surface area contributed by atoms with Gasteiger partial charge >= 0.3 is 0 Å². The zero-order valence-corrected chi connectivity index (χ0v) is 20.0. The molecule has 35 heavy (non-hydrogen) atoms. The van der Waals surface area contributed by atoms with Crippen LogP contribution < -0.4 is 15.5 Å². The molecule has 1 amide bonds. The number of anilines is 4. The highest BCUT2D eigenvalue weighted by Gasteiger charge is 2.10. The lowest BCUT2D eigenvalue weighted by molar-refractivity contribution is 0.103. The summed E-state index contributed by atoms with van der Waals surface area (Å²) in [4.78, 5) is 15.0. The van der Waals surface area contributed by atoms with E-state index in [2.05, 4.69) is 15.7 Å². The Morgan fingerprint density at radius 1 is 1.00 bits per heavy atom. The molecular formula is C27H25N5O2S. The number of fused-ring (bicyclic) bond motifs is 1. The van der Waals surface area contributed by atoms with Crippen molar-refractivity contribution in [2.75, 3.05) is 35.7 Å². The molecule has 0 atom stereocenters. The van der Waals surface area contributed by atoms with Crippen LogP contribution in [0.1, 0.15) is 9.67 Å². The minimum absolute atomic E-state index is 0.110. The van der Waals surface area contributed by atoms with Crippen molar-refractivity contribution in [2.45, 2.75) is 0 Å². The molecule has 2 aromatic heterocycles. The number of carbonyl (C=O) groups is 1. The lowest BCUT2D eigenvalue weighted by Crippen LogP contribution is -2.20. The van der Waals surface area contributed by atoms with Gasteiger partial charge in [0.1, 0.15) is 0 Å². The maximum Gasteiger partial charge on any atom is 0.265 e. The van der Waals surface area contributed by atoms with Gasteiger partial charge in [0, 0.05) is 41.7 Å². The zero-order valence-electron chi connectivity index (χ0n) is 19.2. The lowest BCUT2D eigenvalue weighted by atomic mass is 10.2. The fourth-order valence-electron chi connectivity index (χ4n) is 3.85. The van der Waals surface area contributed by atoms with E-state index in [4.69, 9.17) is 5.11 Å². The number of aliphatic hydroxyl groups is 1. The number of thiophene rings is 1. The van der Waals surface area contributed by atoms with E-state index in [1.807, 2.05) is 101 Å². The van der Waals surface area contributed by atoms with Gasteiger partial charge in [0.25, 0.3) is 5.91 Å². The molecule has 0 aliphatic carbocycles. The van der Waals surface area contributed by atoms with Crippen molar-refractivity contribution < 1.29 is 9.90 Å². The van der Waals surface area contributed by atoms with Crippen LogP contribution in [0.15, 0.2) is 90.4 Å². The first-order chi connectivity index (χ1) is 17.1. The largest absolute Gasteiger partial charge is 0.395 e. The molecule has 0 radical (unpaired) electrons. The van der Waals surface area contributed by atoms with E-state index in [0.717, 1.165) is 39.3 Å². The van der Waals surface area contributed by atoms with Crippen molar-refractivity contribution in [1.29, 1.82) is 0 Å². The van der Waals surface area contributed by atoms with Gasteiger partial charge in [-0.3, -0.25) is 4.79 Å². The fourth-order valence-corrected chi connectivity index (χ4v) is 4.47. The number of aromatic nitrogens is 2. The van der Waals surface area contributed by atoms with E-state index in [0.29, 0.717) is 11.4 Å². The normalized spacial score (nSPS) is 10.9. The highest BCUT2D eigenvalue weighted by molar-refractivity contribution is 7.12. The van der Waals surface area contributed by atoms with Crippen LogP contribution in [0.4, 0.5) is 22.7 Å². The third kappa shape index (κ3) is 5.03. The monoisotopic (exact) mass is 483 g/mol. The number of rotatable bonds is 8. The molecule has 0 aliphatic heterocycles. The van der Waals surface area contributed by atoms with Gasteiger partial charge < -0.3 is 20.6 Å². The van der Waals surface area contributed by atoms with E-state index in [9.17, 15) is 4.79 Å². The summed E-state index contributed by atoms with van der Waals surface area (Å²) in [6.45, 7) is 0.725. The van der Waals surface area contributed by atoms with Gasteiger partial charge in [0.2, 0.25) is 0 Å². The van der Waals surface area contributed by atoms with Crippen LogP contribution in [0, 0.1) is 0 Å². The Labute approximate surface area is 207 Å². The van der Waals surface area contributed by atoms with Crippen molar-refractivity contribution >= 4 is 50.9 Å². The predicted molar refractivity (Wildman–Crippen MR) is 143 cm³/mol. The van der Waals surface area contributed by atoms with E-state index < -0.39 is 0 Å². The van der Waals surface area contributed by atoms with Crippen molar-refractivity contribution in [3.05, 3.63) is 95.3 Å². The molecule has 0 aliphatic rings. The van der Waals surface area contributed by atoms with Crippen LogP contribution in [0.5, 0.6) is 0 Å². The number of amides is 1. The molecule has 0 bridgehead atoms. The minimum atomic E-state index is -0.110. The first-order valence-electron chi connectivity index (χ1n) is 11.2. The zero-order chi connectivity index (χ0) is 24.2. The van der Waals surface area contributed by atoms with Gasteiger partial charge in [-0.1, -0.05) is 6.07 Å². The standard InChI is InChI=1S/C27H25N5O2S/c1-31(14-15-33)23-9-4-20(5-10-23)29-21-6-11-24(12-7-21)32-25-13-8-22(17-19(25)18-28-32)30-27(34)26-3-2-16-35-26/h2-13,16-18,29,33H,14-15H2,1H3,(H,30,34). The molecule has 0 unspecified atom stereocenters. The van der Waals surface area contributed by atoms with E-state index in [-0.39, 0.29) is 12.5 Å². The maximum absolute atomic E-state index is 12.3. The first-order valence-corrected chi connectivity index (χ1v) is 12.1. The SMILES string of the molecule is CN(CCO)c1ccc(Nc2ccc(-n3ncc4cc(NC(=O)c5cccs5)ccc43)cc2)cc1. The van der Waals surface area contributed by atoms with Gasteiger partial charge in [-0.25, -0.2) is 4.68 Å². The molecular weight excluding hydrogens is 458 g/mol. The van der Waals surface area contributed by atoms with Crippen molar-refractivity contribution in [3.63, 3.8) is 0 Å². The number of carbonyl (C=O) groups excluding carboxylic acids is 1. The summed E-state index contributed by atoms with van der Waals surface area (Å²) >= 11 is 1.42. The Morgan fingerprint density at radius 3 is 2.40 bits per heavy atom. The van der Waals surface area contributed by atoms with Gasteiger partial charge in [0.15, 0.2) is 0 Å². The summed E-state index contributed by atoms with van der Waals surface area (Å²) in [5.74, 6) is -0.110. The van der Waals surface area contributed by atoms with Gasteiger partial charge in [-0.15, -0.1) is 11.3 Å². The molecule has 3 aromatic carbocycles. The average molecular weight is 484 g/mol. The molecule has 2 heterocycles. The molecule has 0 spiro atoms. The second kappa shape index (κ2) is 10.0. The number of nitrogens with one attached hydrogen (secondary N) is 2. The summed E-state index contributed by atoms with van der Waals surface area (Å²) in [6, 6.07) is 25.6. The topological polar surface area (TPSA) is 82.4 Å². The number of nitrogens with zero attached hydrogens (tertiary/aromatic N) is 3. The first kappa shape index (κ1) is 22.6.